The van der Waals surface area contributed by atoms with Gasteiger partial charge in [0.2, 0.25) is 0 Å². The van der Waals surface area contributed by atoms with E-state index < -0.39 is 28.4 Å². The van der Waals surface area contributed by atoms with Crippen molar-refractivity contribution in [3.8, 4) is 17.2 Å². The fourth-order valence-corrected chi connectivity index (χ4v) is 2.54. The van der Waals surface area contributed by atoms with Crippen molar-refractivity contribution in [2.24, 2.45) is 0 Å². The smallest absolute Gasteiger partial charge is 0.306 e. The molecule has 0 aliphatic carbocycles. The van der Waals surface area contributed by atoms with E-state index in [1.807, 2.05) is 6.92 Å². The fraction of sp³-hybridized carbons (Fsp3) is 0.556. The largest absolute Gasteiger partial charge is 0.748 e. The maximum absolute atomic E-state index is 12.6. The predicted molar refractivity (Wildman–Crippen MR) is 99.0 cm³/mol. The molecular formula is C18H25O9S-. The average molecular weight is 417 g/mol. The summed E-state index contributed by atoms with van der Waals surface area (Å²) in [5.74, 6) is -0.809. The van der Waals surface area contributed by atoms with Crippen LogP contribution in [0.3, 0.4) is 0 Å². The molecule has 0 aliphatic rings. The second kappa shape index (κ2) is 11.5. The van der Waals surface area contributed by atoms with Crippen LogP contribution in [0.1, 0.15) is 44.0 Å². The Morgan fingerprint density at radius 2 is 1.43 bits per heavy atom. The van der Waals surface area contributed by atoms with Gasteiger partial charge in [-0.1, -0.05) is 0 Å². The van der Waals surface area contributed by atoms with E-state index >= 15 is 0 Å². The maximum atomic E-state index is 12.6. The first-order valence-corrected chi connectivity index (χ1v) is 10.5. The predicted octanol–water partition coefficient (Wildman–Crippen LogP) is 1.93. The number of benzene rings is 1. The molecule has 0 saturated heterocycles. The highest BCUT2D eigenvalue weighted by Crippen LogP contribution is 2.36. The van der Waals surface area contributed by atoms with Crippen molar-refractivity contribution in [2.45, 2.75) is 33.6 Å². The van der Waals surface area contributed by atoms with E-state index in [0.29, 0.717) is 37.1 Å². The van der Waals surface area contributed by atoms with Gasteiger partial charge in [-0.25, -0.2) is 8.42 Å². The van der Waals surface area contributed by atoms with Crippen LogP contribution < -0.4 is 14.2 Å². The maximum Gasteiger partial charge on any atom is 0.306 e. The van der Waals surface area contributed by atoms with E-state index in [2.05, 4.69) is 4.74 Å². The summed E-state index contributed by atoms with van der Waals surface area (Å²) in [6, 6.07) is 3.08. The summed E-state index contributed by atoms with van der Waals surface area (Å²) >= 11 is 0. The number of esters is 1. The van der Waals surface area contributed by atoms with Crippen LogP contribution in [0.25, 0.3) is 0 Å². The van der Waals surface area contributed by atoms with Gasteiger partial charge in [0.15, 0.2) is 17.3 Å². The lowest BCUT2D eigenvalue weighted by atomic mass is 10.0. The molecule has 1 rings (SSSR count). The molecule has 0 unspecified atom stereocenters. The highest BCUT2D eigenvalue weighted by molar-refractivity contribution is 7.85. The molecule has 0 aliphatic heterocycles. The third-order valence-corrected chi connectivity index (χ3v) is 4.07. The third kappa shape index (κ3) is 8.13. The molecular weight excluding hydrogens is 392 g/mol. The minimum atomic E-state index is -4.46. The number of carbonyl (C=O) groups excluding carboxylic acids is 2. The highest BCUT2D eigenvalue weighted by Gasteiger charge is 2.19. The molecule has 1 aromatic rings. The Labute approximate surface area is 164 Å². The normalized spacial score (nSPS) is 11.0. The molecule has 0 amide bonds. The lowest BCUT2D eigenvalue weighted by Gasteiger charge is -2.16. The molecule has 0 saturated carbocycles. The van der Waals surface area contributed by atoms with Gasteiger partial charge in [0.05, 0.1) is 47.7 Å². The number of hydrogen-bond donors (Lipinski definition) is 0. The minimum absolute atomic E-state index is 0.178. The summed E-state index contributed by atoms with van der Waals surface area (Å²) < 4.78 is 52.6. The summed E-state index contributed by atoms with van der Waals surface area (Å²) in [5, 5.41) is 0. The van der Waals surface area contributed by atoms with Gasteiger partial charge >= 0.3 is 5.97 Å². The first-order valence-electron chi connectivity index (χ1n) is 8.90. The topological polar surface area (TPSA) is 128 Å². The molecule has 0 heterocycles. The summed E-state index contributed by atoms with van der Waals surface area (Å²) in [6.45, 7) is 5.95. The van der Waals surface area contributed by atoms with Crippen LogP contribution in [0, 0.1) is 0 Å². The van der Waals surface area contributed by atoms with Gasteiger partial charge in [0.1, 0.15) is 12.4 Å². The Bertz CT molecular complexity index is 772. The van der Waals surface area contributed by atoms with Crippen LogP contribution in [-0.2, 0) is 19.6 Å². The molecule has 0 aromatic heterocycles. The van der Waals surface area contributed by atoms with Crippen LogP contribution in [0.15, 0.2) is 12.1 Å². The van der Waals surface area contributed by atoms with Gasteiger partial charge in [0.25, 0.3) is 0 Å². The zero-order valence-corrected chi connectivity index (χ0v) is 17.0. The van der Waals surface area contributed by atoms with E-state index in [-0.39, 0.29) is 24.2 Å². The first-order chi connectivity index (χ1) is 13.2. The second-order valence-electron chi connectivity index (χ2n) is 5.50. The van der Waals surface area contributed by atoms with Gasteiger partial charge in [-0.2, -0.15) is 0 Å². The number of hydrogen-bond acceptors (Lipinski definition) is 9. The van der Waals surface area contributed by atoms with E-state index in [1.165, 1.54) is 6.07 Å². The van der Waals surface area contributed by atoms with Crippen molar-refractivity contribution in [3.63, 3.8) is 0 Å². The molecule has 0 spiro atoms. The molecule has 0 atom stereocenters. The number of Topliss-reactive ketones (excluding diaryl/α,β-unsaturated/α-hetero) is 1. The van der Waals surface area contributed by atoms with Crippen LogP contribution in [-0.4, -0.2) is 56.9 Å². The molecule has 0 fully saturated rings. The summed E-state index contributed by atoms with van der Waals surface area (Å²) in [4.78, 5) is 24.2. The van der Waals surface area contributed by atoms with Gasteiger partial charge < -0.3 is 23.5 Å². The molecule has 28 heavy (non-hydrogen) atoms. The monoisotopic (exact) mass is 417 g/mol. The Hall–Kier alpha value is -2.33. The Balaban J connectivity index is 2.86. The van der Waals surface area contributed by atoms with E-state index in [1.54, 1.807) is 19.9 Å². The number of rotatable bonds is 13. The van der Waals surface area contributed by atoms with Crippen LogP contribution >= 0.6 is 0 Å². The lowest BCUT2D eigenvalue weighted by molar-refractivity contribution is -0.142. The fourth-order valence-electron chi connectivity index (χ4n) is 2.25. The molecule has 0 bridgehead atoms. The van der Waals surface area contributed by atoms with Gasteiger partial charge in [-0.15, -0.1) is 0 Å². The highest BCUT2D eigenvalue weighted by atomic mass is 32.2. The van der Waals surface area contributed by atoms with Crippen molar-refractivity contribution in [2.75, 3.05) is 32.2 Å². The van der Waals surface area contributed by atoms with Crippen molar-refractivity contribution in [1.82, 2.24) is 0 Å². The van der Waals surface area contributed by atoms with Crippen molar-refractivity contribution < 1.29 is 41.5 Å². The Morgan fingerprint density at radius 1 is 0.893 bits per heavy atom. The molecule has 10 heteroatoms. The van der Waals surface area contributed by atoms with Crippen LogP contribution in [0.2, 0.25) is 0 Å². The number of ether oxygens (including phenoxy) is 4. The Morgan fingerprint density at radius 3 is 1.96 bits per heavy atom. The third-order valence-electron chi connectivity index (χ3n) is 3.40. The zero-order valence-electron chi connectivity index (χ0n) is 16.2. The zero-order chi connectivity index (χ0) is 21.2. The van der Waals surface area contributed by atoms with E-state index in [4.69, 9.17) is 14.2 Å². The molecule has 0 radical (unpaired) electrons. The SMILES string of the molecule is CCOc1cc(OCC)c(C(=O)CCC(=O)OCCS(=O)(=O)[O-])cc1OCC. The lowest BCUT2D eigenvalue weighted by Crippen LogP contribution is -2.15. The summed E-state index contributed by atoms with van der Waals surface area (Å²) in [5.41, 5.74) is 0.240. The molecule has 9 nitrogen and oxygen atoms in total. The van der Waals surface area contributed by atoms with Crippen LogP contribution in [0.4, 0.5) is 0 Å². The number of ketones is 1. The second-order valence-corrected chi connectivity index (χ2v) is 7.02. The first kappa shape index (κ1) is 23.7. The van der Waals surface area contributed by atoms with Gasteiger partial charge in [-0.3, -0.25) is 9.59 Å². The van der Waals surface area contributed by atoms with Gasteiger partial charge in [-0.05, 0) is 26.8 Å². The number of carbonyl (C=O) groups is 2. The average Bonchev–Trinajstić information content (AvgIpc) is 2.61. The standard InChI is InChI=1S/C18H26O9S/c1-4-24-15-12-17(26-6-3)16(25-5-2)11-13(15)14(19)7-8-18(20)27-9-10-28(21,22)23/h11-12H,4-10H2,1-3H3,(H,21,22,23)/p-1. The summed E-state index contributed by atoms with van der Waals surface area (Å²) in [7, 11) is -4.46. The van der Waals surface area contributed by atoms with E-state index in [9.17, 15) is 22.6 Å². The van der Waals surface area contributed by atoms with Crippen molar-refractivity contribution in [1.29, 1.82) is 0 Å². The quantitative estimate of drug-likeness (QED) is 0.268. The van der Waals surface area contributed by atoms with Gasteiger partial charge in [0, 0.05) is 12.5 Å². The molecule has 158 valence electrons. The Kier molecular flexibility index (Phi) is 9.74. The van der Waals surface area contributed by atoms with E-state index in [0.717, 1.165) is 0 Å². The molecule has 0 N–H and O–H groups in total. The van der Waals surface area contributed by atoms with Crippen LogP contribution in [0.5, 0.6) is 17.2 Å². The van der Waals surface area contributed by atoms with Crippen molar-refractivity contribution in [3.05, 3.63) is 17.7 Å². The minimum Gasteiger partial charge on any atom is -0.748 e. The molecule has 1 aromatic carbocycles. The summed E-state index contributed by atoms with van der Waals surface area (Å²) in [6.07, 6.45) is -0.441. The van der Waals surface area contributed by atoms with Crippen molar-refractivity contribution >= 4 is 21.9 Å².